The summed E-state index contributed by atoms with van der Waals surface area (Å²) in [6.45, 7) is 3.64. The fourth-order valence-electron chi connectivity index (χ4n) is 3.21. The summed E-state index contributed by atoms with van der Waals surface area (Å²) in [7, 11) is 0. The minimum absolute atomic E-state index is 0.134. The van der Waals surface area contributed by atoms with E-state index in [0.717, 1.165) is 27.5 Å². The Kier molecular flexibility index (Phi) is 6.19. The van der Waals surface area contributed by atoms with Gasteiger partial charge >= 0.3 is 12.1 Å². The number of hydrogen-bond acceptors (Lipinski definition) is 6. The lowest BCUT2D eigenvalue weighted by Gasteiger charge is -2.08. The molecular formula is C22H16F4N2O3S2. The van der Waals surface area contributed by atoms with Crippen molar-refractivity contribution in [2.24, 2.45) is 0 Å². The highest BCUT2D eigenvalue weighted by atomic mass is 32.2. The van der Waals surface area contributed by atoms with Crippen LogP contribution in [0.5, 0.6) is 0 Å². The number of oxazole rings is 1. The molecule has 2 aromatic heterocycles. The molecule has 0 aliphatic carbocycles. The van der Waals surface area contributed by atoms with Crippen molar-refractivity contribution in [3.63, 3.8) is 0 Å². The molecule has 33 heavy (non-hydrogen) atoms. The molecule has 4 aromatic rings. The Labute approximate surface area is 193 Å². The van der Waals surface area contributed by atoms with Crippen LogP contribution in [0.15, 0.2) is 39.6 Å². The molecule has 0 unspecified atom stereocenters. The SMILES string of the molecule is Cc1nc(-c2ccc(C(F)(F)F)c(F)c2)sc1CSc1cc(C)c2oc(CC(=O)O)nc2c1. The van der Waals surface area contributed by atoms with Gasteiger partial charge in [-0.25, -0.2) is 14.4 Å². The van der Waals surface area contributed by atoms with Crippen LogP contribution in [0.4, 0.5) is 17.6 Å². The normalized spacial score (nSPS) is 11.9. The largest absolute Gasteiger partial charge is 0.481 e. The van der Waals surface area contributed by atoms with Crippen LogP contribution in [-0.2, 0) is 23.1 Å². The Morgan fingerprint density at radius 3 is 2.61 bits per heavy atom. The molecule has 0 aliphatic heterocycles. The first kappa shape index (κ1) is 23.2. The van der Waals surface area contributed by atoms with Crippen LogP contribution >= 0.6 is 23.1 Å². The number of aliphatic carboxylic acids is 1. The highest BCUT2D eigenvalue weighted by Gasteiger charge is 2.34. The van der Waals surface area contributed by atoms with Gasteiger partial charge in [-0.3, -0.25) is 4.79 Å². The third-order valence-electron chi connectivity index (χ3n) is 4.78. The summed E-state index contributed by atoms with van der Waals surface area (Å²) >= 11 is 2.80. The molecule has 0 amide bonds. The lowest BCUT2D eigenvalue weighted by Crippen LogP contribution is -2.07. The van der Waals surface area contributed by atoms with Crippen molar-refractivity contribution in [1.29, 1.82) is 0 Å². The van der Waals surface area contributed by atoms with Gasteiger partial charge in [0.05, 0.1) is 11.3 Å². The first-order chi connectivity index (χ1) is 15.5. The van der Waals surface area contributed by atoms with Crippen LogP contribution in [0.3, 0.4) is 0 Å². The van der Waals surface area contributed by atoms with Gasteiger partial charge < -0.3 is 9.52 Å². The summed E-state index contributed by atoms with van der Waals surface area (Å²) in [6, 6.07) is 6.52. The van der Waals surface area contributed by atoms with Crippen molar-refractivity contribution < 1.29 is 31.9 Å². The predicted octanol–water partition coefficient (Wildman–Crippen LogP) is 6.65. The number of thiazole rings is 1. The third kappa shape index (κ3) is 5.03. The molecule has 0 bridgehead atoms. The molecule has 0 aliphatic rings. The van der Waals surface area contributed by atoms with Gasteiger partial charge in [-0.15, -0.1) is 23.1 Å². The van der Waals surface area contributed by atoms with Crippen molar-refractivity contribution in [2.75, 3.05) is 0 Å². The fraction of sp³-hybridized carbons (Fsp3) is 0.227. The van der Waals surface area contributed by atoms with Crippen molar-refractivity contribution in [3.8, 4) is 10.6 Å². The molecule has 0 saturated carbocycles. The van der Waals surface area contributed by atoms with Crippen molar-refractivity contribution >= 4 is 40.2 Å². The van der Waals surface area contributed by atoms with Crippen LogP contribution in [0.1, 0.15) is 27.6 Å². The second kappa shape index (κ2) is 8.79. The van der Waals surface area contributed by atoms with Crippen LogP contribution in [-0.4, -0.2) is 21.0 Å². The maximum absolute atomic E-state index is 14.0. The van der Waals surface area contributed by atoms with Gasteiger partial charge in [0.1, 0.15) is 22.8 Å². The molecule has 1 N–H and O–H groups in total. The summed E-state index contributed by atoms with van der Waals surface area (Å²) in [4.78, 5) is 21.3. The Balaban J connectivity index is 1.53. The number of carboxylic acids is 1. The molecule has 2 aromatic carbocycles. The monoisotopic (exact) mass is 496 g/mol. The number of aromatic nitrogens is 2. The average molecular weight is 497 g/mol. The second-order valence-electron chi connectivity index (χ2n) is 7.28. The van der Waals surface area contributed by atoms with Gasteiger partial charge in [-0.05, 0) is 43.7 Å². The van der Waals surface area contributed by atoms with Crippen LogP contribution < -0.4 is 0 Å². The summed E-state index contributed by atoms with van der Waals surface area (Å²) in [6.07, 6.45) is -5.05. The van der Waals surface area contributed by atoms with Gasteiger partial charge in [0.2, 0.25) is 5.89 Å². The van der Waals surface area contributed by atoms with Crippen molar-refractivity contribution in [2.45, 2.75) is 37.1 Å². The quantitative estimate of drug-likeness (QED) is 0.238. The molecule has 0 radical (unpaired) electrons. The van der Waals surface area contributed by atoms with Crippen molar-refractivity contribution in [1.82, 2.24) is 9.97 Å². The molecule has 5 nitrogen and oxygen atoms in total. The van der Waals surface area contributed by atoms with Crippen LogP contribution in [0.25, 0.3) is 21.7 Å². The zero-order valence-electron chi connectivity index (χ0n) is 17.3. The first-order valence-corrected chi connectivity index (χ1v) is 11.4. The zero-order valence-corrected chi connectivity index (χ0v) is 18.9. The molecule has 11 heteroatoms. The van der Waals surface area contributed by atoms with Gasteiger partial charge in [0.15, 0.2) is 5.58 Å². The summed E-state index contributed by atoms with van der Waals surface area (Å²) in [5.41, 5.74) is 1.62. The summed E-state index contributed by atoms with van der Waals surface area (Å²) in [5, 5.41) is 9.36. The molecule has 0 spiro atoms. The number of alkyl halides is 3. The predicted molar refractivity (Wildman–Crippen MR) is 117 cm³/mol. The maximum Gasteiger partial charge on any atom is 0.419 e. The average Bonchev–Trinajstić information content (AvgIpc) is 3.28. The second-order valence-corrected chi connectivity index (χ2v) is 9.41. The number of benzene rings is 2. The smallest absolute Gasteiger partial charge is 0.419 e. The number of rotatable bonds is 6. The molecule has 172 valence electrons. The van der Waals surface area contributed by atoms with Crippen LogP contribution in [0.2, 0.25) is 0 Å². The van der Waals surface area contributed by atoms with E-state index < -0.39 is 23.5 Å². The fourth-order valence-corrected chi connectivity index (χ4v) is 5.44. The van der Waals surface area contributed by atoms with Gasteiger partial charge in [-0.2, -0.15) is 13.2 Å². The zero-order chi connectivity index (χ0) is 23.9. The standard InChI is InChI=1S/C22H16F4N2O3S2/c1-10-5-13(7-16-20(10)31-18(28-16)8-19(29)30)32-9-17-11(2)27-21(33-17)12-3-4-14(15(23)6-12)22(24,25)26/h3-7H,8-9H2,1-2H3,(H,29,30). The van der Waals surface area contributed by atoms with Crippen molar-refractivity contribution in [3.05, 3.63) is 63.7 Å². The van der Waals surface area contributed by atoms with Crippen LogP contribution in [0, 0.1) is 19.7 Å². The Morgan fingerprint density at radius 1 is 1.18 bits per heavy atom. The minimum Gasteiger partial charge on any atom is -0.481 e. The van der Waals surface area contributed by atoms with Gasteiger partial charge in [-0.1, -0.05) is 6.07 Å². The number of fused-ring (bicyclic) bond motifs is 1. The Morgan fingerprint density at radius 2 is 1.94 bits per heavy atom. The first-order valence-electron chi connectivity index (χ1n) is 9.59. The number of carbonyl (C=O) groups is 1. The number of hydrogen-bond donors (Lipinski definition) is 1. The lowest BCUT2D eigenvalue weighted by molar-refractivity contribution is -0.140. The molecule has 0 fully saturated rings. The molecule has 0 atom stereocenters. The molecule has 0 saturated heterocycles. The number of thioether (sulfide) groups is 1. The van der Waals surface area contributed by atoms with E-state index in [0.29, 0.717) is 27.6 Å². The number of carboxylic acid groups (broad SMARTS) is 1. The Hall–Kier alpha value is -2.92. The highest BCUT2D eigenvalue weighted by Crippen LogP contribution is 2.37. The van der Waals surface area contributed by atoms with E-state index in [1.165, 1.54) is 29.2 Å². The third-order valence-corrected chi connectivity index (χ3v) is 7.17. The number of nitrogens with zero attached hydrogens (tertiary/aromatic N) is 2. The van der Waals surface area contributed by atoms with E-state index in [1.54, 1.807) is 6.92 Å². The Bertz CT molecular complexity index is 1360. The minimum atomic E-state index is -4.75. The number of halogens is 4. The topological polar surface area (TPSA) is 76.2 Å². The number of aryl methyl sites for hydroxylation is 2. The molecule has 4 rings (SSSR count). The van der Waals surface area contributed by atoms with E-state index in [9.17, 15) is 22.4 Å². The van der Waals surface area contributed by atoms with Gasteiger partial charge in [0.25, 0.3) is 0 Å². The van der Waals surface area contributed by atoms with Gasteiger partial charge in [0, 0.05) is 21.1 Å². The van der Waals surface area contributed by atoms with E-state index >= 15 is 0 Å². The van der Waals surface area contributed by atoms with E-state index in [1.807, 2.05) is 19.1 Å². The van der Waals surface area contributed by atoms with E-state index in [-0.39, 0.29) is 17.9 Å². The highest BCUT2D eigenvalue weighted by molar-refractivity contribution is 7.98. The lowest BCUT2D eigenvalue weighted by atomic mass is 10.1. The molecule has 2 heterocycles. The maximum atomic E-state index is 14.0. The summed E-state index contributed by atoms with van der Waals surface area (Å²) < 4.78 is 57.9. The van der Waals surface area contributed by atoms with E-state index in [2.05, 4.69) is 9.97 Å². The molecular weight excluding hydrogens is 480 g/mol. The van der Waals surface area contributed by atoms with E-state index in [4.69, 9.17) is 9.52 Å². The summed E-state index contributed by atoms with van der Waals surface area (Å²) in [5.74, 6) is -1.69.